The number of carbonyl (C=O) groups is 1. The number of sulfonamides is 1. The number of carbonyl (C=O) groups excluding carboxylic acids is 1. The third kappa shape index (κ3) is 5.43. The van der Waals surface area contributed by atoms with Crippen molar-refractivity contribution in [3.63, 3.8) is 0 Å². The van der Waals surface area contributed by atoms with Gasteiger partial charge in [-0.25, -0.2) is 23.2 Å². The van der Waals surface area contributed by atoms with E-state index in [4.69, 9.17) is 0 Å². The number of nitrogens with zero attached hydrogens (tertiary/aromatic N) is 6. The maximum Gasteiger partial charge on any atom is 0.321 e. The second-order valence-electron chi connectivity index (χ2n) is 10.1. The molecule has 41 heavy (non-hydrogen) atoms. The van der Waals surface area contributed by atoms with Gasteiger partial charge in [0, 0.05) is 37.3 Å². The maximum atomic E-state index is 13.4. The number of fused-ring (bicyclic) bond motifs is 2. The first-order valence-corrected chi connectivity index (χ1v) is 15.2. The summed E-state index contributed by atoms with van der Waals surface area (Å²) in [7, 11) is -3.54. The first-order valence-electron chi connectivity index (χ1n) is 13.3. The van der Waals surface area contributed by atoms with Gasteiger partial charge in [0.2, 0.25) is 16.0 Å². The molecule has 2 N–H and O–H groups in total. The fourth-order valence-corrected chi connectivity index (χ4v) is 6.47. The van der Waals surface area contributed by atoms with Gasteiger partial charge < -0.3 is 15.5 Å². The fourth-order valence-electron chi connectivity index (χ4n) is 5.32. The quantitative estimate of drug-likeness (QED) is 0.317. The number of piperazine rings is 1. The van der Waals surface area contributed by atoms with Gasteiger partial charge >= 0.3 is 6.03 Å². The predicted octanol–water partition coefficient (Wildman–Crippen LogP) is 3.95. The summed E-state index contributed by atoms with van der Waals surface area (Å²) in [6, 6.07) is 21.9. The minimum absolute atomic E-state index is 0.181. The van der Waals surface area contributed by atoms with Crippen molar-refractivity contribution in [2.75, 3.05) is 36.5 Å². The second-order valence-corrected chi connectivity index (χ2v) is 12.1. The van der Waals surface area contributed by atoms with Gasteiger partial charge in [-0.3, -0.25) is 4.57 Å². The van der Waals surface area contributed by atoms with Crippen LogP contribution in [-0.2, 0) is 10.0 Å². The summed E-state index contributed by atoms with van der Waals surface area (Å²) >= 11 is 0. The molecular weight excluding hydrogens is 540 g/mol. The Morgan fingerprint density at radius 3 is 2.61 bits per heavy atom. The molecule has 2 aromatic heterocycles. The minimum atomic E-state index is -3.54. The lowest BCUT2D eigenvalue weighted by atomic mass is 10.1. The average molecular weight is 571 g/mol. The molecule has 210 valence electrons. The van der Waals surface area contributed by atoms with Crippen molar-refractivity contribution in [1.82, 2.24) is 28.7 Å². The van der Waals surface area contributed by atoms with E-state index in [1.807, 2.05) is 78.2 Å². The van der Waals surface area contributed by atoms with Crippen LogP contribution in [0.4, 0.5) is 16.4 Å². The van der Waals surface area contributed by atoms with Gasteiger partial charge in [-0.2, -0.15) is 9.29 Å². The zero-order valence-corrected chi connectivity index (χ0v) is 23.5. The number of anilines is 2. The number of aromatic nitrogens is 4. The second kappa shape index (κ2) is 10.8. The van der Waals surface area contributed by atoms with E-state index < -0.39 is 22.1 Å². The fraction of sp³-hybridized carbons (Fsp3) is 0.241. The molecule has 1 aliphatic rings. The third-order valence-corrected chi connectivity index (χ3v) is 8.69. The van der Waals surface area contributed by atoms with Crippen molar-refractivity contribution in [3.05, 3.63) is 85.3 Å². The smallest absolute Gasteiger partial charge is 0.321 e. The molecule has 0 spiro atoms. The molecule has 2 amide bonds. The Hall–Kier alpha value is -4.55. The van der Waals surface area contributed by atoms with Crippen molar-refractivity contribution in [3.8, 4) is 5.82 Å². The van der Waals surface area contributed by atoms with Crippen LogP contribution < -0.4 is 10.6 Å². The summed E-state index contributed by atoms with van der Waals surface area (Å²) in [6.45, 7) is 2.52. The number of hydrogen-bond donors (Lipinski definition) is 2. The molecule has 6 rings (SSSR count). The lowest BCUT2D eigenvalue weighted by Gasteiger charge is -2.42. The number of rotatable bonds is 6. The van der Waals surface area contributed by atoms with Crippen molar-refractivity contribution in [2.24, 2.45) is 0 Å². The van der Waals surface area contributed by atoms with Gasteiger partial charge in [0.05, 0.1) is 29.0 Å². The molecule has 11 nitrogen and oxygen atoms in total. The molecule has 3 heterocycles. The summed E-state index contributed by atoms with van der Waals surface area (Å²) in [6.07, 6.45) is 4.55. The zero-order valence-electron chi connectivity index (χ0n) is 22.7. The van der Waals surface area contributed by atoms with Crippen LogP contribution in [-0.4, -0.2) is 81.1 Å². The SMILES string of the molecule is CC(Nc1nccc(-n2cnc3ccccc32)n1)C1CN(C(=O)Nc2cccc3ccccc23)CCN1S(C)(=O)=O. The van der Waals surface area contributed by atoms with Gasteiger partial charge in [0.1, 0.15) is 12.1 Å². The molecule has 0 radical (unpaired) electrons. The van der Waals surface area contributed by atoms with Crippen LogP contribution in [0.2, 0.25) is 0 Å². The molecular formula is C29H30N8O3S. The highest BCUT2D eigenvalue weighted by molar-refractivity contribution is 7.88. The third-order valence-electron chi connectivity index (χ3n) is 7.39. The number of imidazole rings is 1. The van der Waals surface area contributed by atoms with Crippen molar-refractivity contribution in [1.29, 1.82) is 0 Å². The Morgan fingerprint density at radius 1 is 0.976 bits per heavy atom. The number of hydrogen-bond acceptors (Lipinski definition) is 7. The van der Waals surface area contributed by atoms with E-state index in [1.165, 1.54) is 10.6 Å². The van der Waals surface area contributed by atoms with Crippen molar-refractivity contribution < 1.29 is 13.2 Å². The Morgan fingerprint density at radius 2 is 1.76 bits per heavy atom. The molecule has 12 heteroatoms. The normalized spacial score (nSPS) is 17.0. The van der Waals surface area contributed by atoms with E-state index in [9.17, 15) is 13.2 Å². The number of para-hydroxylation sites is 2. The number of urea groups is 1. The minimum Gasteiger partial charge on any atom is -0.350 e. The maximum absolute atomic E-state index is 13.4. The summed E-state index contributed by atoms with van der Waals surface area (Å²) in [5, 5.41) is 8.26. The van der Waals surface area contributed by atoms with E-state index in [1.54, 1.807) is 23.5 Å². The number of amides is 2. The highest BCUT2D eigenvalue weighted by atomic mass is 32.2. The molecule has 1 aliphatic heterocycles. The molecule has 0 aliphatic carbocycles. The largest absolute Gasteiger partial charge is 0.350 e. The first-order chi connectivity index (χ1) is 19.8. The van der Waals surface area contributed by atoms with Crippen LogP contribution in [0.3, 0.4) is 0 Å². The van der Waals surface area contributed by atoms with Gasteiger partial charge in [0.15, 0.2) is 0 Å². The highest BCUT2D eigenvalue weighted by Crippen LogP contribution is 2.25. The zero-order chi connectivity index (χ0) is 28.6. The predicted molar refractivity (Wildman–Crippen MR) is 160 cm³/mol. The van der Waals surface area contributed by atoms with Gasteiger partial charge in [0.25, 0.3) is 0 Å². The lowest BCUT2D eigenvalue weighted by molar-refractivity contribution is 0.143. The molecule has 2 atom stereocenters. The van der Waals surface area contributed by atoms with E-state index >= 15 is 0 Å². The van der Waals surface area contributed by atoms with Crippen LogP contribution in [0.15, 0.2) is 85.3 Å². The van der Waals surface area contributed by atoms with Crippen LogP contribution in [0.1, 0.15) is 6.92 Å². The monoisotopic (exact) mass is 570 g/mol. The lowest BCUT2D eigenvalue weighted by Crippen LogP contribution is -2.61. The molecule has 1 saturated heterocycles. The van der Waals surface area contributed by atoms with Crippen LogP contribution in [0.25, 0.3) is 27.6 Å². The van der Waals surface area contributed by atoms with Gasteiger partial charge in [-0.05, 0) is 36.6 Å². The van der Waals surface area contributed by atoms with Crippen molar-refractivity contribution >= 4 is 49.5 Å². The molecule has 2 unspecified atom stereocenters. The first kappa shape index (κ1) is 26.7. The summed E-state index contributed by atoms with van der Waals surface area (Å²) in [4.78, 5) is 28.5. The summed E-state index contributed by atoms with van der Waals surface area (Å²) in [5.74, 6) is 0.974. The highest BCUT2D eigenvalue weighted by Gasteiger charge is 2.38. The molecule has 0 saturated carbocycles. The van der Waals surface area contributed by atoms with E-state index in [0.717, 1.165) is 21.8 Å². The standard InChI is InChI=1S/C29H30N8O3S/c1-20(32-28-30-15-14-27(34-28)36-19-31-24-11-5-6-13-25(24)36)26-18-35(16-17-37(26)41(2,39)40)29(38)33-23-12-7-9-21-8-3-4-10-22(21)23/h3-15,19-20,26H,16-18H2,1-2H3,(H,33,38)(H,30,32,34). The van der Waals surface area contributed by atoms with E-state index in [-0.39, 0.29) is 25.7 Å². The van der Waals surface area contributed by atoms with Crippen LogP contribution in [0, 0.1) is 0 Å². The summed E-state index contributed by atoms with van der Waals surface area (Å²) < 4.78 is 28.8. The van der Waals surface area contributed by atoms with Gasteiger partial charge in [-0.1, -0.05) is 48.5 Å². The number of nitrogens with one attached hydrogen (secondary N) is 2. The number of benzene rings is 3. The topological polar surface area (TPSA) is 125 Å². The Labute approximate surface area is 237 Å². The summed E-state index contributed by atoms with van der Waals surface area (Å²) in [5.41, 5.74) is 2.47. The Kier molecular flexibility index (Phi) is 7.01. The van der Waals surface area contributed by atoms with E-state index in [2.05, 4.69) is 25.6 Å². The Bertz CT molecular complexity index is 1840. The van der Waals surface area contributed by atoms with Crippen LogP contribution in [0.5, 0.6) is 0 Å². The van der Waals surface area contributed by atoms with Crippen molar-refractivity contribution in [2.45, 2.75) is 19.0 Å². The molecule has 3 aromatic carbocycles. The van der Waals surface area contributed by atoms with E-state index in [0.29, 0.717) is 17.5 Å². The molecule has 1 fully saturated rings. The van der Waals surface area contributed by atoms with Crippen LogP contribution >= 0.6 is 0 Å². The Balaban J connectivity index is 1.22. The van der Waals surface area contributed by atoms with Gasteiger partial charge in [-0.15, -0.1) is 0 Å². The average Bonchev–Trinajstić information content (AvgIpc) is 3.41. The molecule has 5 aromatic rings. The molecule has 0 bridgehead atoms.